The molecule has 0 bridgehead atoms. The molecule has 2 atom stereocenters. The number of carbonyl (C=O) groups is 1. The maximum atomic E-state index is 12.2. The third-order valence-corrected chi connectivity index (χ3v) is 4.35. The highest BCUT2D eigenvalue weighted by atomic mass is 35.5. The number of benzene rings is 2. The van der Waals surface area contributed by atoms with Crippen LogP contribution in [0.25, 0.3) is 0 Å². The molecule has 0 heterocycles. The topological polar surface area (TPSA) is 46.2 Å². The van der Waals surface area contributed by atoms with Crippen LogP contribution in [0, 0.1) is 0 Å². The third kappa shape index (κ3) is 4.16. The first-order valence-corrected chi connectivity index (χ1v) is 8.41. The number of rotatable bonds is 4. The zero-order valence-electron chi connectivity index (χ0n) is 11.8. The second-order valence-corrected chi connectivity index (χ2v) is 6.54. The number of halogens is 1. The van der Waals surface area contributed by atoms with Crippen molar-refractivity contribution in [2.75, 3.05) is 6.26 Å². The Labute approximate surface area is 131 Å². The smallest absolute Gasteiger partial charge is 0.251 e. The van der Waals surface area contributed by atoms with Crippen LogP contribution in [-0.4, -0.2) is 16.4 Å². The predicted molar refractivity (Wildman–Crippen MR) is 86.1 cm³/mol. The fraction of sp³-hybridized carbons (Fsp3) is 0.188. The molecule has 0 saturated heterocycles. The highest BCUT2D eigenvalue weighted by Crippen LogP contribution is 2.17. The summed E-state index contributed by atoms with van der Waals surface area (Å²) < 4.78 is 11.3. The van der Waals surface area contributed by atoms with Crippen LogP contribution >= 0.6 is 11.6 Å². The Hall–Kier alpha value is -1.65. The van der Waals surface area contributed by atoms with Gasteiger partial charge in [-0.05, 0) is 48.9 Å². The van der Waals surface area contributed by atoms with Gasteiger partial charge in [0.05, 0.1) is 6.04 Å². The van der Waals surface area contributed by atoms with Crippen molar-refractivity contribution < 1.29 is 9.00 Å². The Kier molecular flexibility index (Phi) is 5.15. The Bertz CT molecular complexity index is 653. The lowest BCUT2D eigenvalue weighted by molar-refractivity contribution is 0.0940. The van der Waals surface area contributed by atoms with Crippen LogP contribution in [0.4, 0.5) is 0 Å². The Morgan fingerprint density at radius 3 is 2.19 bits per heavy atom. The van der Waals surface area contributed by atoms with Crippen LogP contribution in [-0.2, 0) is 10.8 Å². The first-order valence-electron chi connectivity index (χ1n) is 6.47. The maximum absolute atomic E-state index is 12.2. The normalized spacial score (nSPS) is 13.5. The molecule has 0 saturated carbocycles. The Balaban J connectivity index is 2.06. The van der Waals surface area contributed by atoms with Crippen LogP contribution < -0.4 is 5.32 Å². The van der Waals surface area contributed by atoms with Crippen LogP contribution in [0.3, 0.4) is 0 Å². The number of amides is 1. The third-order valence-electron chi connectivity index (χ3n) is 3.17. The van der Waals surface area contributed by atoms with E-state index in [1.807, 2.05) is 19.1 Å². The lowest BCUT2D eigenvalue weighted by atomic mass is 10.1. The van der Waals surface area contributed by atoms with E-state index in [-0.39, 0.29) is 11.9 Å². The van der Waals surface area contributed by atoms with Gasteiger partial charge in [0, 0.05) is 32.5 Å². The molecule has 110 valence electrons. The van der Waals surface area contributed by atoms with E-state index >= 15 is 0 Å². The summed E-state index contributed by atoms with van der Waals surface area (Å²) in [6.45, 7) is 1.91. The molecule has 2 aromatic rings. The van der Waals surface area contributed by atoms with Crippen molar-refractivity contribution >= 4 is 28.3 Å². The van der Waals surface area contributed by atoms with E-state index < -0.39 is 10.8 Å². The average molecular weight is 322 g/mol. The van der Waals surface area contributed by atoms with Gasteiger partial charge in [-0.1, -0.05) is 23.7 Å². The minimum atomic E-state index is -1.04. The fourth-order valence-electron chi connectivity index (χ4n) is 1.91. The molecule has 21 heavy (non-hydrogen) atoms. The van der Waals surface area contributed by atoms with Crippen molar-refractivity contribution in [2.24, 2.45) is 0 Å². The van der Waals surface area contributed by atoms with E-state index in [4.69, 9.17) is 11.6 Å². The van der Waals surface area contributed by atoms with E-state index in [0.29, 0.717) is 15.5 Å². The van der Waals surface area contributed by atoms with Crippen LogP contribution in [0.1, 0.15) is 28.9 Å². The van der Waals surface area contributed by atoms with Crippen LogP contribution in [0.2, 0.25) is 5.02 Å². The average Bonchev–Trinajstić information content (AvgIpc) is 2.47. The fourth-order valence-corrected chi connectivity index (χ4v) is 2.56. The number of nitrogens with one attached hydrogen (secondary N) is 1. The van der Waals surface area contributed by atoms with Gasteiger partial charge in [-0.25, -0.2) is 0 Å². The summed E-state index contributed by atoms with van der Waals surface area (Å²) in [5.41, 5.74) is 1.53. The molecular weight excluding hydrogens is 306 g/mol. The molecule has 2 aromatic carbocycles. The summed E-state index contributed by atoms with van der Waals surface area (Å²) >= 11 is 5.85. The monoisotopic (exact) mass is 321 g/mol. The highest BCUT2D eigenvalue weighted by molar-refractivity contribution is 7.84. The van der Waals surface area contributed by atoms with Gasteiger partial charge in [0.15, 0.2) is 0 Å². The van der Waals surface area contributed by atoms with Crippen molar-refractivity contribution in [2.45, 2.75) is 17.9 Å². The molecule has 0 aromatic heterocycles. The van der Waals surface area contributed by atoms with Gasteiger partial charge in [-0.15, -0.1) is 0 Å². The molecule has 0 radical (unpaired) electrons. The maximum Gasteiger partial charge on any atom is 0.251 e. The second-order valence-electron chi connectivity index (χ2n) is 4.73. The van der Waals surface area contributed by atoms with Crippen molar-refractivity contribution in [1.29, 1.82) is 0 Å². The molecule has 0 fully saturated rings. The first kappa shape index (κ1) is 15.7. The summed E-state index contributed by atoms with van der Waals surface area (Å²) in [5.74, 6) is -0.161. The summed E-state index contributed by atoms with van der Waals surface area (Å²) in [7, 11) is -1.04. The zero-order chi connectivity index (χ0) is 15.4. The largest absolute Gasteiger partial charge is 0.346 e. The standard InChI is InChI=1S/C16H16ClNO2S/c1-11(12-3-7-14(17)8-4-12)18-16(19)13-5-9-15(10-6-13)21(2)20/h3-11H,1-2H3,(H,18,19)/t11-,21+/m1/s1. The van der Waals surface area contributed by atoms with Gasteiger partial charge in [-0.2, -0.15) is 0 Å². The second kappa shape index (κ2) is 6.87. The summed E-state index contributed by atoms with van der Waals surface area (Å²) in [6.07, 6.45) is 1.61. The molecule has 5 heteroatoms. The van der Waals surface area contributed by atoms with Crippen LogP contribution in [0.5, 0.6) is 0 Å². The van der Waals surface area contributed by atoms with Crippen molar-refractivity contribution in [3.8, 4) is 0 Å². The molecule has 1 N–H and O–H groups in total. The lowest BCUT2D eigenvalue weighted by Crippen LogP contribution is -2.26. The van der Waals surface area contributed by atoms with Gasteiger partial charge in [-0.3, -0.25) is 9.00 Å². The summed E-state index contributed by atoms with van der Waals surface area (Å²) in [4.78, 5) is 12.9. The minimum Gasteiger partial charge on any atom is -0.346 e. The van der Waals surface area contributed by atoms with Crippen molar-refractivity contribution in [3.63, 3.8) is 0 Å². The van der Waals surface area contributed by atoms with Crippen molar-refractivity contribution in [1.82, 2.24) is 5.32 Å². The molecule has 0 spiro atoms. The Morgan fingerprint density at radius 1 is 1.10 bits per heavy atom. The van der Waals surface area contributed by atoms with Crippen molar-refractivity contribution in [3.05, 3.63) is 64.7 Å². The van der Waals surface area contributed by atoms with E-state index in [9.17, 15) is 9.00 Å². The SMILES string of the molecule is C[C@@H](NC(=O)c1ccc([S@](C)=O)cc1)c1ccc(Cl)cc1. The van der Waals surface area contributed by atoms with Gasteiger partial charge >= 0.3 is 0 Å². The number of carbonyl (C=O) groups excluding carboxylic acids is 1. The quantitative estimate of drug-likeness (QED) is 0.935. The van der Waals surface area contributed by atoms with Crippen LogP contribution in [0.15, 0.2) is 53.4 Å². The van der Waals surface area contributed by atoms with Gasteiger partial charge in [0.2, 0.25) is 0 Å². The predicted octanol–water partition coefficient (Wildman–Crippen LogP) is 3.57. The lowest BCUT2D eigenvalue weighted by Gasteiger charge is -2.14. The minimum absolute atomic E-state index is 0.116. The molecular formula is C16H16ClNO2S. The molecule has 0 aliphatic carbocycles. The van der Waals surface area contributed by atoms with E-state index in [2.05, 4.69) is 5.32 Å². The molecule has 2 rings (SSSR count). The van der Waals surface area contributed by atoms with E-state index in [1.165, 1.54) is 0 Å². The summed E-state index contributed by atoms with van der Waals surface area (Å²) in [5, 5.41) is 3.59. The molecule has 0 unspecified atom stereocenters. The summed E-state index contributed by atoms with van der Waals surface area (Å²) in [6, 6.07) is 14.0. The number of hydrogen-bond donors (Lipinski definition) is 1. The molecule has 3 nitrogen and oxygen atoms in total. The highest BCUT2D eigenvalue weighted by Gasteiger charge is 2.11. The number of hydrogen-bond acceptors (Lipinski definition) is 2. The zero-order valence-corrected chi connectivity index (χ0v) is 13.4. The van der Waals surface area contributed by atoms with E-state index in [1.54, 1.807) is 42.7 Å². The molecule has 0 aliphatic heterocycles. The van der Waals surface area contributed by atoms with Gasteiger partial charge < -0.3 is 5.32 Å². The van der Waals surface area contributed by atoms with Gasteiger partial charge in [0.25, 0.3) is 5.91 Å². The van der Waals surface area contributed by atoms with E-state index in [0.717, 1.165) is 5.56 Å². The Morgan fingerprint density at radius 2 is 1.67 bits per heavy atom. The van der Waals surface area contributed by atoms with Gasteiger partial charge in [0.1, 0.15) is 0 Å². The molecule has 0 aliphatic rings. The first-order chi connectivity index (χ1) is 9.97. The molecule has 1 amide bonds.